The highest BCUT2D eigenvalue weighted by Crippen LogP contribution is 2.13. The van der Waals surface area contributed by atoms with E-state index in [0.717, 1.165) is 24.2 Å². The number of nitrogens with zero attached hydrogens (tertiary/aromatic N) is 3. The summed E-state index contributed by atoms with van der Waals surface area (Å²) in [6.45, 7) is 5.34. The van der Waals surface area contributed by atoms with Crippen LogP contribution in [0, 0.1) is 6.92 Å². The van der Waals surface area contributed by atoms with Gasteiger partial charge in [0.15, 0.2) is 5.96 Å². The average molecular weight is 329 g/mol. The maximum Gasteiger partial charge on any atom is 0.188 e. The van der Waals surface area contributed by atoms with Crippen LogP contribution in [0.15, 0.2) is 41.5 Å². The van der Waals surface area contributed by atoms with E-state index in [1.807, 2.05) is 48.9 Å². The van der Waals surface area contributed by atoms with Crippen LogP contribution in [0.1, 0.15) is 24.6 Å². The molecule has 0 saturated heterocycles. The van der Waals surface area contributed by atoms with Crippen LogP contribution in [-0.2, 0) is 11.2 Å². The van der Waals surface area contributed by atoms with Crippen molar-refractivity contribution < 1.29 is 4.74 Å². The van der Waals surface area contributed by atoms with Gasteiger partial charge in [0.25, 0.3) is 0 Å². The number of aromatic nitrogens is 2. The van der Waals surface area contributed by atoms with E-state index in [-0.39, 0.29) is 6.04 Å². The van der Waals surface area contributed by atoms with Gasteiger partial charge in [-0.25, -0.2) is 4.68 Å². The molecule has 0 aliphatic heterocycles. The lowest BCUT2D eigenvalue weighted by molar-refractivity contribution is 0.179. The summed E-state index contributed by atoms with van der Waals surface area (Å²) in [4.78, 5) is 4.36. The third kappa shape index (κ3) is 5.38. The van der Waals surface area contributed by atoms with Crippen LogP contribution < -0.4 is 11.1 Å². The predicted octanol–water partition coefficient (Wildman–Crippen LogP) is 2.05. The van der Waals surface area contributed by atoms with Crippen molar-refractivity contribution in [1.29, 1.82) is 0 Å². The minimum atomic E-state index is 0.157. The summed E-state index contributed by atoms with van der Waals surface area (Å²) in [7, 11) is 1.67. The first-order valence-electron chi connectivity index (χ1n) is 8.26. The van der Waals surface area contributed by atoms with Crippen LogP contribution in [-0.4, -0.2) is 42.0 Å². The van der Waals surface area contributed by atoms with E-state index in [1.54, 1.807) is 7.11 Å². The van der Waals surface area contributed by atoms with Crippen molar-refractivity contribution in [2.24, 2.45) is 10.7 Å². The number of methoxy groups -OCH3 is 1. The molecule has 0 spiro atoms. The number of hydrogen-bond donors (Lipinski definition) is 2. The largest absolute Gasteiger partial charge is 0.383 e. The van der Waals surface area contributed by atoms with Crippen molar-refractivity contribution in [3.05, 3.63) is 47.8 Å². The molecule has 24 heavy (non-hydrogen) atoms. The number of aliphatic imine (C=N–C) groups is 1. The van der Waals surface area contributed by atoms with E-state index < -0.39 is 0 Å². The number of para-hydroxylation sites is 1. The van der Waals surface area contributed by atoms with Gasteiger partial charge in [-0.05, 0) is 44.4 Å². The standard InChI is InChI=1S/C18H27N5O/c1-14(13-24-3)21-18(19)20-11-7-8-16-12-23(22-15(16)2)17-9-5-4-6-10-17/h4-6,9-10,12,14H,7-8,11,13H2,1-3H3,(H3,19,20,21). The molecule has 0 bridgehead atoms. The molecule has 3 N–H and O–H groups in total. The van der Waals surface area contributed by atoms with Crippen LogP contribution in [0.5, 0.6) is 0 Å². The van der Waals surface area contributed by atoms with E-state index in [1.165, 1.54) is 5.56 Å². The van der Waals surface area contributed by atoms with Gasteiger partial charge >= 0.3 is 0 Å². The third-order valence-electron chi connectivity index (χ3n) is 3.72. The Kier molecular flexibility index (Phi) is 6.81. The maximum atomic E-state index is 5.86. The van der Waals surface area contributed by atoms with Crippen molar-refractivity contribution >= 4 is 5.96 Å². The normalized spacial score (nSPS) is 13.0. The van der Waals surface area contributed by atoms with Crippen LogP contribution in [0.3, 0.4) is 0 Å². The predicted molar refractivity (Wildman–Crippen MR) is 97.6 cm³/mol. The average Bonchev–Trinajstić information content (AvgIpc) is 2.93. The van der Waals surface area contributed by atoms with Gasteiger partial charge in [-0.15, -0.1) is 0 Å². The van der Waals surface area contributed by atoms with Gasteiger partial charge in [-0.2, -0.15) is 5.10 Å². The number of guanidine groups is 1. The first kappa shape index (κ1) is 18.0. The number of ether oxygens (including phenoxy) is 1. The number of hydrogen-bond acceptors (Lipinski definition) is 3. The second-order valence-electron chi connectivity index (χ2n) is 5.89. The number of benzene rings is 1. The first-order valence-corrected chi connectivity index (χ1v) is 8.26. The van der Waals surface area contributed by atoms with Crippen molar-refractivity contribution in [1.82, 2.24) is 15.1 Å². The molecule has 1 aromatic heterocycles. The summed E-state index contributed by atoms with van der Waals surface area (Å²) in [5.74, 6) is 0.469. The quantitative estimate of drug-likeness (QED) is 0.441. The monoisotopic (exact) mass is 329 g/mol. The molecule has 1 atom stereocenters. The zero-order valence-corrected chi connectivity index (χ0v) is 14.7. The fourth-order valence-electron chi connectivity index (χ4n) is 2.51. The molecule has 130 valence electrons. The lowest BCUT2D eigenvalue weighted by atomic mass is 10.1. The second-order valence-corrected chi connectivity index (χ2v) is 5.89. The van der Waals surface area contributed by atoms with Gasteiger partial charge in [-0.1, -0.05) is 18.2 Å². The van der Waals surface area contributed by atoms with Crippen molar-refractivity contribution in [3.63, 3.8) is 0 Å². The lowest BCUT2D eigenvalue weighted by Crippen LogP contribution is -2.40. The molecule has 1 aromatic carbocycles. The zero-order chi connectivity index (χ0) is 17.4. The third-order valence-corrected chi connectivity index (χ3v) is 3.72. The summed E-state index contributed by atoms with van der Waals surface area (Å²) >= 11 is 0. The van der Waals surface area contributed by atoms with E-state index in [9.17, 15) is 0 Å². The van der Waals surface area contributed by atoms with Crippen molar-refractivity contribution in [2.45, 2.75) is 32.7 Å². The highest BCUT2D eigenvalue weighted by atomic mass is 16.5. The molecule has 1 unspecified atom stereocenters. The van der Waals surface area contributed by atoms with Crippen LogP contribution in [0.25, 0.3) is 5.69 Å². The molecule has 0 aliphatic rings. The fourth-order valence-corrected chi connectivity index (χ4v) is 2.51. The molecular formula is C18H27N5O. The van der Waals surface area contributed by atoms with Crippen molar-refractivity contribution in [2.75, 3.05) is 20.3 Å². The smallest absolute Gasteiger partial charge is 0.188 e. The molecule has 6 heteroatoms. The van der Waals surface area contributed by atoms with Crippen molar-refractivity contribution in [3.8, 4) is 5.69 Å². The Labute approximate surface area is 143 Å². The molecule has 2 aromatic rings. The van der Waals surface area contributed by atoms with Gasteiger partial charge < -0.3 is 15.8 Å². The number of nitrogens with two attached hydrogens (primary N) is 1. The number of rotatable bonds is 8. The van der Waals surface area contributed by atoms with Gasteiger partial charge in [0.2, 0.25) is 0 Å². The van der Waals surface area contributed by atoms with Gasteiger partial charge in [0.05, 0.1) is 18.0 Å². The highest BCUT2D eigenvalue weighted by Gasteiger charge is 2.06. The molecule has 0 fully saturated rings. The molecule has 0 amide bonds. The minimum Gasteiger partial charge on any atom is -0.383 e. The number of nitrogens with one attached hydrogen (secondary N) is 1. The molecule has 0 radical (unpaired) electrons. The van der Waals surface area contributed by atoms with Gasteiger partial charge in [0.1, 0.15) is 0 Å². The Balaban J connectivity index is 1.84. The van der Waals surface area contributed by atoms with Crippen LogP contribution in [0.2, 0.25) is 0 Å². The Bertz CT molecular complexity index is 651. The SMILES string of the molecule is COCC(C)NC(N)=NCCCc1cn(-c2ccccc2)nc1C. The topological polar surface area (TPSA) is 77.5 Å². The summed E-state index contributed by atoms with van der Waals surface area (Å²) in [6.07, 6.45) is 3.96. The fraction of sp³-hybridized carbons (Fsp3) is 0.444. The van der Waals surface area contributed by atoms with E-state index in [2.05, 4.69) is 21.6 Å². The molecule has 2 rings (SSSR count). The lowest BCUT2D eigenvalue weighted by Gasteiger charge is -2.12. The Morgan fingerprint density at radius 2 is 2.12 bits per heavy atom. The summed E-state index contributed by atoms with van der Waals surface area (Å²) in [5.41, 5.74) is 9.24. The maximum absolute atomic E-state index is 5.86. The zero-order valence-electron chi connectivity index (χ0n) is 14.7. The van der Waals surface area contributed by atoms with E-state index >= 15 is 0 Å². The molecule has 6 nitrogen and oxygen atoms in total. The summed E-state index contributed by atoms with van der Waals surface area (Å²) < 4.78 is 6.98. The van der Waals surface area contributed by atoms with Crippen LogP contribution in [0.4, 0.5) is 0 Å². The second kappa shape index (κ2) is 9.08. The van der Waals surface area contributed by atoms with Gasteiger partial charge in [0, 0.05) is 25.9 Å². The molecule has 0 saturated carbocycles. The first-order chi connectivity index (χ1) is 11.6. The Morgan fingerprint density at radius 1 is 1.38 bits per heavy atom. The number of aryl methyl sites for hydroxylation is 2. The highest BCUT2D eigenvalue weighted by molar-refractivity contribution is 5.78. The molecular weight excluding hydrogens is 302 g/mol. The molecule has 0 aliphatic carbocycles. The van der Waals surface area contributed by atoms with Gasteiger partial charge in [-0.3, -0.25) is 4.99 Å². The summed E-state index contributed by atoms with van der Waals surface area (Å²) in [6, 6.07) is 10.3. The summed E-state index contributed by atoms with van der Waals surface area (Å²) in [5, 5.41) is 7.69. The molecule has 1 heterocycles. The Hall–Kier alpha value is -2.34. The van der Waals surface area contributed by atoms with E-state index in [4.69, 9.17) is 10.5 Å². The Morgan fingerprint density at radius 3 is 2.83 bits per heavy atom. The minimum absolute atomic E-state index is 0.157. The van der Waals surface area contributed by atoms with E-state index in [0.29, 0.717) is 19.1 Å². The van der Waals surface area contributed by atoms with Crippen LogP contribution >= 0.6 is 0 Å².